The summed E-state index contributed by atoms with van der Waals surface area (Å²) in [5.41, 5.74) is 0.994. The Morgan fingerprint density at radius 2 is 1.89 bits per heavy atom. The van der Waals surface area contributed by atoms with Crippen LogP contribution in [0.2, 0.25) is 5.02 Å². The number of aliphatic hydroxyl groups excluding tert-OH is 1. The van der Waals surface area contributed by atoms with Gasteiger partial charge in [-0.05, 0) is 80.6 Å². The van der Waals surface area contributed by atoms with Gasteiger partial charge in [-0.3, -0.25) is 9.78 Å². The molecule has 1 aromatic heterocycles. The fraction of sp³-hybridized carbons (Fsp3) is 0.448. The van der Waals surface area contributed by atoms with Crippen LogP contribution in [0, 0.1) is 5.41 Å². The molecule has 0 bridgehead atoms. The molecule has 0 unspecified atom stereocenters. The summed E-state index contributed by atoms with van der Waals surface area (Å²) >= 11 is 8.29. The third-order valence-electron chi connectivity index (χ3n) is 7.51. The molecular weight excluding hydrogens is 524 g/mol. The van der Waals surface area contributed by atoms with E-state index in [1.165, 1.54) is 4.90 Å². The standard InChI is InChI=1S/C29H35ClN2O5S/c1-36-20-4-3-5-22(16-20)38-15-14-32-12-10-29(11-13-32,18-27(34)35)9-8-26(33)28-23-17-21(37-2)6-7-25(23)31-19-24(28)30/h3-7,16-17,19,26,33H,8-15,18H2,1-2H3,(H,34,35)/t26-/m0/s1. The molecular formula is C29H35ClN2O5S. The number of carbonyl (C=O) groups is 1. The average Bonchev–Trinajstić information content (AvgIpc) is 2.92. The number of rotatable bonds is 12. The minimum Gasteiger partial charge on any atom is -0.497 e. The van der Waals surface area contributed by atoms with E-state index in [1.807, 2.05) is 36.4 Å². The molecule has 0 radical (unpaired) electrons. The van der Waals surface area contributed by atoms with E-state index in [9.17, 15) is 15.0 Å². The fourth-order valence-electron chi connectivity index (χ4n) is 5.29. The number of aromatic nitrogens is 1. The second-order valence-electron chi connectivity index (χ2n) is 9.90. The van der Waals surface area contributed by atoms with Gasteiger partial charge >= 0.3 is 5.97 Å². The van der Waals surface area contributed by atoms with Gasteiger partial charge in [-0.2, -0.15) is 0 Å². The predicted octanol–water partition coefficient (Wildman–Crippen LogP) is 6.07. The van der Waals surface area contributed by atoms with Crippen LogP contribution in [0.3, 0.4) is 0 Å². The van der Waals surface area contributed by atoms with Gasteiger partial charge in [0, 0.05) is 34.3 Å². The van der Waals surface area contributed by atoms with E-state index in [-0.39, 0.29) is 11.8 Å². The number of nitrogens with zero attached hydrogens (tertiary/aromatic N) is 2. The van der Waals surface area contributed by atoms with Gasteiger partial charge in [0.1, 0.15) is 11.5 Å². The van der Waals surface area contributed by atoms with Crippen LogP contribution in [0.15, 0.2) is 53.6 Å². The third-order valence-corrected chi connectivity index (χ3v) is 8.79. The highest BCUT2D eigenvalue weighted by atomic mass is 35.5. The normalized spacial score (nSPS) is 16.3. The fourth-order valence-corrected chi connectivity index (χ4v) is 6.53. The second-order valence-corrected chi connectivity index (χ2v) is 11.5. The van der Waals surface area contributed by atoms with E-state index in [1.54, 1.807) is 32.2 Å². The highest BCUT2D eigenvalue weighted by Gasteiger charge is 2.37. The Bertz CT molecular complexity index is 1250. The summed E-state index contributed by atoms with van der Waals surface area (Å²) in [7, 11) is 3.26. The molecule has 1 atom stereocenters. The lowest BCUT2D eigenvalue weighted by atomic mass is 9.71. The van der Waals surface area contributed by atoms with E-state index in [4.69, 9.17) is 21.1 Å². The molecule has 2 N–H and O–H groups in total. The average molecular weight is 559 g/mol. The molecule has 7 nitrogen and oxygen atoms in total. The number of aliphatic carboxylic acids is 1. The van der Waals surface area contributed by atoms with E-state index in [0.29, 0.717) is 29.2 Å². The Kier molecular flexibility index (Phi) is 9.76. The summed E-state index contributed by atoms with van der Waals surface area (Å²) in [6.07, 6.45) is 3.44. The molecule has 0 amide bonds. The molecule has 0 aliphatic carbocycles. The third kappa shape index (κ3) is 7.11. The summed E-state index contributed by atoms with van der Waals surface area (Å²) in [4.78, 5) is 19.8. The number of halogens is 1. The van der Waals surface area contributed by atoms with Crippen LogP contribution < -0.4 is 9.47 Å². The number of thioether (sulfide) groups is 1. The summed E-state index contributed by atoms with van der Waals surface area (Å²) < 4.78 is 10.7. The van der Waals surface area contributed by atoms with Crippen molar-refractivity contribution in [3.05, 3.63) is 59.2 Å². The lowest BCUT2D eigenvalue weighted by Crippen LogP contribution is -2.42. The van der Waals surface area contributed by atoms with Crippen LogP contribution in [0.1, 0.15) is 43.8 Å². The predicted molar refractivity (Wildman–Crippen MR) is 152 cm³/mol. The zero-order valence-corrected chi connectivity index (χ0v) is 23.4. The van der Waals surface area contributed by atoms with Crippen molar-refractivity contribution < 1.29 is 24.5 Å². The molecule has 38 heavy (non-hydrogen) atoms. The number of methoxy groups -OCH3 is 2. The first-order valence-corrected chi connectivity index (χ1v) is 14.2. The number of piperidine rings is 1. The molecule has 2 aromatic carbocycles. The van der Waals surface area contributed by atoms with Crippen molar-refractivity contribution in [2.75, 3.05) is 39.6 Å². The van der Waals surface area contributed by atoms with Crippen molar-refractivity contribution in [2.45, 2.75) is 43.1 Å². The maximum absolute atomic E-state index is 11.8. The number of aliphatic hydroxyl groups is 1. The molecule has 0 spiro atoms. The first-order chi connectivity index (χ1) is 18.3. The minimum atomic E-state index is -0.830. The van der Waals surface area contributed by atoms with Crippen molar-refractivity contribution in [3.8, 4) is 11.5 Å². The smallest absolute Gasteiger partial charge is 0.303 e. The number of carboxylic acid groups (broad SMARTS) is 1. The summed E-state index contributed by atoms with van der Waals surface area (Å²) in [5.74, 6) is 1.68. The van der Waals surface area contributed by atoms with E-state index in [0.717, 1.165) is 54.9 Å². The van der Waals surface area contributed by atoms with Crippen molar-refractivity contribution in [1.29, 1.82) is 0 Å². The highest BCUT2D eigenvalue weighted by Crippen LogP contribution is 2.43. The molecule has 204 valence electrons. The van der Waals surface area contributed by atoms with Gasteiger partial charge < -0.3 is 24.6 Å². The molecule has 0 saturated carbocycles. The van der Waals surface area contributed by atoms with Gasteiger partial charge in [0.25, 0.3) is 0 Å². The van der Waals surface area contributed by atoms with Crippen molar-refractivity contribution in [1.82, 2.24) is 9.88 Å². The molecule has 9 heteroatoms. The Hall–Kier alpha value is -2.52. The number of hydrogen-bond donors (Lipinski definition) is 2. The first kappa shape index (κ1) is 28.5. The topological polar surface area (TPSA) is 92.1 Å². The maximum atomic E-state index is 11.8. The van der Waals surface area contributed by atoms with Gasteiger partial charge in [-0.15, -0.1) is 11.8 Å². The number of likely N-dealkylation sites (tertiary alicyclic amines) is 1. The molecule has 2 heterocycles. The Morgan fingerprint density at radius 3 is 2.61 bits per heavy atom. The van der Waals surface area contributed by atoms with Gasteiger partial charge in [0.2, 0.25) is 0 Å². The lowest BCUT2D eigenvalue weighted by molar-refractivity contribution is -0.141. The first-order valence-electron chi connectivity index (χ1n) is 12.8. The van der Waals surface area contributed by atoms with Crippen LogP contribution in [0.4, 0.5) is 0 Å². The maximum Gasteiger partial charge on any atom is 0.303 e. The van der Waals surface area contributed by atoms with Gasteiger partial charge in [-0.1, -0.05) is 17.7 Å². The van der Waals surface area contributed by atoms with Crippen LogP contribution in [-0.2, 0) is 4.79 Å². The van der Waals surface area contributed by atoms with Gasteiger partial charge in [0.15, 0.2) is 0 Å². The minimum absolute atomic E-state index is 0.102. The number of carboxylic acids is 1. The van der Waals surface area contributed by atoms with E-state index >= 15 is 0 Å². The quantitative estimate of drug-likeness (QED) is 0.259. The monoisotopic (exact) mass is 558 g/mol. The van der Waals surface area contributed by atoms with Crippen LogP contribution in [0.25, 0.3) is 10.9 Å². The Balaban J connectivity index is 1.37. The molecule has 1 aliphatic heterocycles. The van der Waals surface area contributed by atoms with Crippen LogP contribution in [0.5, 0.6) is 11.5 Å². The van der Waals surface area contributed by atoms with E-state index in [2.05, 4.69) is 16.0 Å². The largest absolute Gasteiger partial charge is 0.497 e. The van der Waals surface area contributed by atoms with Crippen molar-refractivity contribution in [3.63, 3.8) is 0 Å². The highest BCUT2D eigenvalue weighted by molar-refractivity contribution is 7.99. The molecule has 4 rings (SSSR count). The van der Waals surface area contributed by atoms with Crippen LogP contribution >= 0.6 is 23.4 Å². The number of fused-ring (bicyclic) bond motifs is 1. The lowest BCUT2D eigenvalue weighted by Gasteiger charge is -2.41. The number of benzene rings is 2. The van der Waals surface area contributed by atoms with E-state index < -0.39 is 12.1 Å². The molecule has 1 fully saturated rings. The van der Waals surface area contributed by atoms with Crippen LogP contribution in [-0.4, -0.2) is 65.7 Å². The molecule has 1 saturated heterocycles. The number of ether oxygens (including phenoxy) is 2. The zero-order chi connectivity index (χ0) is 27.1. The number of pyridine rings is 1. The Labute approximate surface area is 233 Å². The Morgan fingerprint density at radius 1 is 1.16 bits per heavy atom. The molecule has 1 aliphatic rings. The molecule has 3 aromatic rings. The zero-order valence-electron chi connectivity index (χ0n) is 21.9. The van der Waals surface area contributed by atoms with Gasteiger partial charge in [0.05, 0.1) is 37.3 Å². The van der Waals surface area contributed by atoms with Crippen molar-refractivity contribution >= 4 is 40.2 Å². The SMILES string of the molecule is COc1cccc(SCCN2CCC(CC[C@H](O)c3c(Cl)cnc4ccc(OC)cc34)(CC(=O)O)CC2)c1. The summed E-state index contributed by atoms with van der Waals surface area (Å²) in [6.45, 7) is 2.63. The van der Waals surface area contributed by atoms with Gasteiger partial charge in [-0.25, -0.2) is 0 Å². The summed E-state index contributed by atoms with van der Waals surface area (Å²) in [6, 6.07) is 13.6. The number of hydrogen-bond acceptors (Lipinski definition) is 7. The van der Waals surface area contributed by atoms with Crippen molar-refractivity contribution in [2.24, 2.45) is 5.41 Å². The summed E-state index contributed by atoms with van der Waals surface area (Å²) in [5, 5.41) is 22.1. The second kappa shape index (κ2) is 13.0.